The minimum atomic E-state index is 0. The Morgan fingerprint density at radius 3 is 2.71 bits per heavy atom. The van der Waals surface area contributed by atoms with Crippen molar-refractivity contribution in [3.05, 3.63) is 0 Å². The summed E-state index contributed by atoms with van der Waals surface area (Å²) in [6.45, 7) is 6.33. The third-order valence-corrected chi connectivity index (χ3v) is 4.48. The minimum absolute atomic E-state index is 0. The lowest BCUT2D eigenvalue weighted by atomic mass is 9.82. The summed E-state index contributed by atoms with van der Waals surface area (Å²) in [5.74, 6) is 1.96. The Bertz CT molecular complexity index is 210. The van der Waals surface area contributed by atoms with E-state index in [1.54, 1.807) is 0 Å². The van der Waals surface area contributed by atoms with Gasteiger partial charge in [0, 0.05) is 19.1 Å². The molecule has 1 heterocycles. The molecule has 0 radical (unpaired) electrons. The Kier molecular flexibility index (Phi) is 6.83. The van der Waals surface area contributed by atoms with Crippen LogP contribution in [0.2, 0.25) is 0 Å². The average Bonchev–Trinajstić information content (AvgIpc) is 2.66. The van der Waals surface area contributed by atoms with Crippen molar-refractivity contribution in [2.75, 3.05) is 26.7 Å². The molecule has 0 aromatic heterocycles. The fourth-order valence-corrected chi connectivity index (χ4v) is 3.66. The van der Waals surface area contributed by atoms with Crippen molar-refractivity contribution in [2.45, 2.75) is 51.5 Å². The minimum Gasteiger partial charge on any atom is -0.318 e. The lowest BCUT2D eigenvalue weighted by Crippen LogP contribution is -2.40. The quantitative estimate of drug-likeness (QED) is 0.836. The van der Waals surface area contributed by atoms with Crippen LogP contribution in [-0.2, 0) is 0 Å². The summed E-state index contributed by atoms with van der Waals surface area (Å²) in [5.41, 5.74) is 0. The second kappa shape index (κ2) is 7.60. The van der Waals surface area contributed by atoms with E-state index in [4.69, 9.17) is 0 Å². The monoisotopic (exact) mass is 260 g/mol. The lowest BCUT2D eigenvalue weighted by Gasteiger charge is -2.33. The number of likely N-dealkylation sites (tertiary alicyclic amines) is 1. The van der Waals surface area contributed by atoms with E-state index in [0.29, 0.717) is 0 Å². The van der Waals surface area contributed by atoms with Crippen molar-refractivity contribution in [2.24, 2.45) is 11.8 Å². The molecule has 1 aliphatic carbocycles. The second-order valence-electron chi connectivity index (χ2n) is 5.99. The molecule has 102 valence electrons. The highest BCUT2D eigenvalue weighted by atomic mass is 35.5. The Morgan fingerprint density at radius 1 is 1.18 bits per heavy atom. The standard InChI is InChI=1S/C14H28N2.ClH/c1-12-5-3-6-13(9-12)11-16-8-4-7-14(16)10-15-2;/h12-15H,3-11H2,1-2H3;1H. The molecule has 17 heavy (non-hydrogen) atoms. The smallest absolute Gasteiger partial charge is 0.0221 e. The van der Waals surface area contributed by atoms with Crippen LogP contribution in [0.5, 0.6) is 0 Å². The zero-order valence-electron chi connectivity index (χ0n) is 11.5. The van der Waals surface area contributed by atoms with E-state index >= 15 is 0 Å². The lowest BCUT2D eigenvalue weighted by molar-refractivity contribution is 0.168. The Morgan fingerprint density at radius 2 is 2.00 bits per heavy atom. The van der Waals surface area contributed by atoms with Gasteiger partial charge in [0.25, 0.3) is 0 Å². The first-order chi connectivity index (χ1) is 7.79. The van der Waals surface area contributed by atoms with Gasteiger partial charge in [-0.25, -0.2) is 0 Å². The van der Waals surface area contributed by atoms with Crippen LogP contribution in [0, 0.1) is 11.8 Å². The highest BCUT2D eigenvalue weighted by molar-refractivity contribution is 5.85. The number of nitrogens with zero attached hydrogens (tertiary/aromatic N) is 1. The second-order valence-corrected chi connectivity index (χ2v) is 5.99. The van der Waals surface area contributed by atoms with E-state index in [0.717, 1.165) is 17.9 Å². The van der Waals surface area contributed by atoms with Crippen LogP contribution >= 0.6 is 12.4 Å². The predicted molar refractivity (Wildman–Crippen MR) is 76.9 cm³/mol. The molecule has 1 saturated carbocycles. The molecule has 2 nitrogen and oxygen atoms in total. The number of hydrogen-bond donors (Lipinski definition) is 1. The summed E-state index contributed by atoms with van der Waals surface area (Å²) in [5, 5.41) is 3.34. The van der Waals surface area contributed by atoms with Crippen LogP contribution in [0.3, 0.4) is 0 Å². The molecule has 2 fully saturated rings. The van der Waals surface area contributed by atoms with Crippen molar-refractivity contribution < 1.29 is 0 Å². The first kappa shape index (κ1) is 15.3. The van der Waals surface area contributed by atoms with Crippen LogP contribution in [0.15, 0.2) is 0 Å². The van der Waals surface area contributed by atoms with Gasteiger partial charge in [0.05, 0.1) is 0 Å². The maximum Gasteiger partial charge on any atom is 0.0221 e. The normalized spacial score (nSPS) is 34.6. The third-order valence-electron chi connectivity index (χ3n) is 4.48. The third kappa shape index (κ3) is 4.42. The molecule has 2 rings (SSSR count). The Hall–Kier alpha value is 0.210. The van der Waals surface area contributed by atoms with Crippen molar-refractivity contribution in [3.8, 4) is 0 Å². The molecule has 1 saturated heterocycles. The van der Waals surface area contributed by atoms with Gasteiger partial charge in [0.15, 0.2) is 0 Å². The van der Waals surface area contributed by atoms with Crippen molar-refractivity contribution in [1.29, 1.82) is 0 Å². The summed E-state index contributed by atoms with van der Waals surface area (Å²) in [7, 11) is 2.08. The van der Waals surface area contributed by atoms with Gasteiger partial charge in [-0.1, -0.05) is 19.8 Å². The average molecular weight is 261 g/mol. The van der Waals surface area contributed by atoms with E-state index in [1.807, 2.05) is 0 Å². The molecule has 1 N–H and O–H groups in total. The molecule has 0 bridgehead atoms. The molecule has 0 spiro atoms. The molecular weight excluding hydrogens is 232 g/mol. The van der Waals surface area contributed by atoms with Crippen molar-refractivity contribution in [1.82, 2.24) is 10.2 Å². The first-order valence-electron chi connectivity index (χ1n) is 7.18. The van der Waals surface area contributed by atoms with Crippen molar-refractivity contribution >= 4 is 12.4 Å². The maximum absolute atomic E-state index is 3.34. The highest BCUT2D eigenvalue weighted by Gasteiger charge is 2.27. The number of nitrogens with one attached hydrogen (secondary N) is 1. The van der Waals surface area contributed by atoms with Gasteiger partial charge in [0.2, 0.25) is 0 Å². The predicted octanol–water partition coefficient (Wildman–Crippen LogP) is 2.92. The SMILES string of the molecule is CNCC1CCCN1CC1CCCC(C)C1.Cl. The zero-order chi connectivity index (χ0) is 11.4. The van der Waals surface area contributed by atoms with Crippen LogP contribution in [0.1, 0.15) is 45.4 Å². The molecule has 2 aliphatic rings. The molecular formula is C14H29ClN2. The van der Waals surface area contributed by atoms with E-state index in [1.165, 1.54) is 58.2 Å². The fraction of sp³-hybridized carbons (Fsp3) is 1.00. The van der Waals surface area contributed by atoms with Gasteiger partial charge in [-0.2, -0.15) is 0 Å². The van der Waals surface area contributed by atoms with Crippen LogP contribution in [0.25, 0.3) is 0 Å². The molecule has 1 aliphatic heterocycles. The molecule has 3 unspecified atom stereocenters. The highest BCUT2D eigenvalue weighted by Crippen LogP contribution is 2.30. The molecule has 3 atom stereocenters. The number of halogens is 1. The fourth-order valence-electron chi connectivity index (χ4n) is 3.66. The van der Waals surface area contributed by atoms with Gasteiger partial charge in [-0.05, 0) is 51.1 Å². The summed E-state index contributed by atoms with van der Waals surface area (Å²) < 4.78 is 0. The Balaban J connectivity index is 0.00000144. The topological polar surface area (TPSA) is 15.3 Å². The van der Waals surface area contributed by atoms with Crippen LogP contribution in [-0.4, -0.2) is 37.6 Å². The van der Waals surface area contributed by atoms with Gasteiger partial charge in [0.1, 0.15) is 0 Å². The van der Waals surface area contributed by atoms with E-state index < -0.39 is 0 Å². The molecule has 0 aromatic carbocycles. The zero-order valence-corrected chi connectivity index (χ0v) is 12.3. The van der Waals surface area contributed by atoms with Crippen LogP contribution < -0.4 is 5.32 Å². The maximum atomic E-state index is 3.34. The first-order valence-corrected chi connectivity index (χ1v) is 7.18. The van der Waals surface area contributed by atoms with Gasteiger partial charge in [-0.15, -0.1) is 12.4 Å². The molecule has 0 aromatic rings. The molecule has 3 heteroatoms. The van der Waals surface area contributed by atoms with E-state index in [9.17, 15) is 0 Å². The summed E-state index contributed by atoms with van der Waals surface area (Å²) in [4.78, 5) is 2.75. The summed E-state index contributed by atoms with van der Waals surface area (Å²) in [6.07, 6.45) is 8.71. The Labute approximate surface area is 113 Å². The van der Waals surface area contributed by atoms with Gasteiger partial charge >= 0.3 is 0 Å². The van der Waals surface area contributed by atoms with Crippen LogP contribution in [0.4, 0.5) is 0 Å². The largest absolute Gasteiger partial charge is 0.318 e. The number of hydrogen-bond acceptors (Lipinski definition) is 2. The van der Waals surface area contributed by atoms with Gasteiger partial charge < -0.3 is 5.32 Å². The number of rotatable bonds is 4. The summed E-state index contributed by atoms with van der Waals surface area (Å²) in [6, 6.07) is 0.822. The summed E-state index contributed by atoms with van der Waals surface area (Å²) >= 11 is 0. The van der Waals surface area contributed by atoms with Crippen molar-refractivity contribution in [3.63, 3.8) is 0 Å². The van der Waals surface area contributed by atoms with E-state index in [-0.39, 0.29) is 12.4 Å². The molecule has 0 amide bonds. The van der Waals surface area contributed by atoms with Gasteiger partial charge in [-0.3, -0.25) is 4.90 Å². The number of likely N-dealkylation sites (N-methyl/N-ethyl adjacent to an activating group) is 1. The van der Waals surface area contributed by atoms with E-state index in [2.05, 4.69) is 24.2 Å².